The van der Waals surface area contributed by atoms with Crippen molar-refractivity contribution in [1.29, 1.82) is 0 Å². The smallest absolute Gasteiger partial charge is 0.322 e. The van der Waals surface area contributed by atoms with Crippen LogP contribution in [0, 0.1) is 17.8 Å². The van der Waals surface area contributed by atoms with E-state index in [9.17, 15) is 38.7 Å². The van der Waals surface area contributed by atoms with Crippen molar-refractivity contribution in [3.8, 4) is 0 Å². The minimum atomic E-state index is -1.05. The molecule has 3 fully saturated rings. The van der Waals surface area contributed by atoms with Gasteiger partial charge in [0.15, 0.2) is 6.61 Å². The van der Waals surface area contributed by atoms with E-state index in [2.05, 4.69) is 31.7 Å². The highest BCUT2D eigenvalue weighted by Gasteiger charge is 2.45. The monoisotopic (exact) mass is 1020 g/mol. The number of carboxylic acids is 1. The average molecular weight is 1020 g/mol. The fraction of sp³-hybridized carbons (Fsp3) is 0.571. The molecule has 7 rings (SSSR count). The largest absolute Gasteiger partial charge is 0.480 e. The Balaban J connectivity index is 0.855. The number of hydroxylamine groups is 1. The molecule has 2 aromatic carbocycles. The molecule has 1 aromatic heterocycles. The van der Waals surface area contributed by atoms with Gasteiger partial charge in [0.1, 0.15) is 12.1 Å². The second-order valence-electron chi connectivity index (χ2n) is 19.0. The second-order valence-corrected chi connectivity index (χ2v) is 21.4. The van der Waals surface area contributed by atoms with E-state index >= 15 is 0 Å². The van der Waals surface area contributed by atoms with E-state index in [1.165, 1.54) is 31.8 Å². The lowest BCUT2D eigenvalue weighted by Gasteiger charge is -2.34. The molecule has 2 aliphatic heterocycles. The molecular formula is C49H65N9O11S2. The molecule has 384 valence electrons. The van der Waals surface area contributed by atoms with E-state index in [0.29, 0.717) is 81.9 Å². The zero-order chi connectivity index (χ0) is 50.6. The van der Waals surface area contributed by atoms with Crippen LogP contribution in [-0.4, -0.2) is 127 Å². The van der Waals surface area contributed by atoms with Crippen LogP contribution in [-0.2, 0) is 56.6 Å². The van der Waals surface area contributed by atoms with E-state index in [1.807, 2.05) is 23.5 Å². The number of hydrazine groups is 1. The summed E-state index contributed by atoms with van der Waals surface area (Å²) in [5, 5.41) is 28.6. The number of hydrogen-bond donors (Lipinski definition) is 7. The number of nitrogens with zero attached hydrogens (tertiary/aromatic N) is 4. The third-order valence-electron chi connectivity index (χ3n) is 14.0. The van der Waals surface area contributed by atoms with Crippen LogP contribution < -0.4 is 26.9 Å². The molecule has 20 nitrogen and oxygen atoms in total. The van der Waals surface area contributed by atoms with Crippen LogP contribution in [0.2, 0.25) is 0 Å². The zero-order valence-electron chi connectivity index (χ0n) is 40.4. The van der Waals surface area contributed by atoms with E-state index in [0.717, 1.165) is 49.2 Å². The van der Waals surface area contributed by atoms with Crippen LogP contribution in [0.25, 0.3) is 11.0 Å². The van der Waals surface area contributed by atoms with E-state index in [-0.39, 0.29) is 43.2 Å². The normalized spacial score (nSPS) is 22.4. The standard InChI is InChI=1S/C49H65N9O11S2/c1-28(46(62)51-34-12-9-30(10-13-34)24-68-56-43(60)25-69-67)50-42(59)15-16-44(61)58-19-17-31(18-20-58)47(63)52-35-8-6-4-5-7-32-22-41-45(36(32)23-35)71-27-40-39(26-70-41)53-37-14-11-33(21-38(37)54-40)48(64)55-57(3)29(2)49(65)66/h9-14,21,28-29,31-32,35-36,41,45,67H,4-8,15-20,22-27H2,1-3H3,(H,50,59)(H,51,62)(H,52,63)(H,55,64)(H,56,60)(H,65,66)/t28-,29-,32?,35?,36?,41?,45?/m0/s1. The SMILES string of the molecule is C[C@H](NC(=O)CCC(=O)N1CCC(C(=O)NC2CCCCCC3CC4SCc5nc6ccc(C(=O)NN(C)[C@@H](C)C(=O)O)cc6nc5CSC4C3C2)CC1)C(=O)Nc1ccc(CONC(=O)COO)cc1. The first-order chi connectivity index (χ1) is 34.1. The molecule has 22 heteroatoms. The number of carboxylic acid groups (broad SMARTS) is 1. The van der Waals surface area contributed by atoms with Crippen LogP contribution in [0.1, 0.15) is 112 Å². The zero-order valence-corrected chi connectivity index (χ0v) is 42.0. The number of anilines is 1. The molecule has 3 heterocycles. The highest BCUT2D eigenvalue weighted by Crippen LogP contribution is 2.52. The Morgan fingerprint density at radius 2 is 1.58 bits per heavy atom. The maximum Gasteiger partial charge on any atom is 0.322 e. The summed E-state index contributed by atoms with van der Waals surface area (Å²) >= 11 is 3.90. The summed E-state index contributed by atoms with van der Waals surface area (Å²) < 4.78 is 0. The topological polar surface area (TPSA) is 271 Å². The summed E-state index contributed by atoms with van der Waals surface area (Å²) in [4.78, 5) is 109. The predicted octanol–water partition coefficient (Wildman–Crippen LogP) is 4.57. The van der Waals surface area contributed by atoms with Crippen LogP contribution in [0.5, 0.6) is 0 Å². The number of benzene rings is 2. The van der Waals surface area contributed by atoms with Crippen molar-refractivity contribution in [1.82, 2.24) is 41.4 Å². The van der Waals surface area contributed by atoms with Gasteiger partial charge in [-0.25, -0.2) is 25.3 Å². The van der Waals surface area contributed by atoms with Gasteiger partial charge in [-0.05, 0) is 93.7 Å². The number of carbonyl (C=O) groups is 7. The number of aromatic nitrogens is 2. The Morgan fingerprint density at radius 3 is 2.31 bits per heavy atom. The van der Waals surface area contributed by atoms with Crippen LogP contribution in [0.3, 0.4) is 0 Å². The number of aliphatic carboxylic acids is 1. The molecule has 1 saturated heterocycles. The maximum absolute atomic E-state index is 13.9. The Hall–Kier alpha value is -5.39. The number of hydrogen-bond acceptors (Lipinski definition) is 15. The lowest BCUT2D eigenvalue weighted by molar-refractivity contribution is -0.241. The van der Waals surface area contributed by atoms with E-state index in [1.54, 1.807) is 54.3 Å². The summed E-state index contributed by atoms with van der Waals surface area (Å²) in [5.41, 5.74) is 9.49. The van der Waals surface area contributed by atoms with Gasteiger partial charge >= 0.3 is 5.97 Å². The molecule has 2 saturated carbocycles. The third kappa shape index (κ3) is 14.6. The number of amides is 6. The highest BCUT2D eigenvalue weighted by atomic mass is 32.2. The van der Waals surface area contributed by atoms with Gasteiger partial charge < -0.3 is 26.0 Å². The number of piperidine rings is 1. The Bertz CT molecular complexity index is 2410. The lowest BCUT2D eigenvalue weighted by Crippen LogP contribution is -2.47. The van der Waals surface area contributed by atoms with Crippen molar-refractivity contribution in [2.24, 2.45) is 17.8 Å². The van der Waals surface area contributed by atoms with Crippen molar-refractivity contribution in [2.45, 2.75) is 131 Å². The van der Waals surface area contributed by atoms with E-state index in [4.69, 9.17) is 20.1 Å². The fourth-order valence-electron chi connectivity index (χ4n) is 9.79. The molecule has 0 spiro atoms. The molecule has 0 bridgehead atoms. The van der Waals surface area contributed by atoms with Gasteiger partial charge in [0.05, 0.1) is 29.0 Å². The summed E-state index contributed by atoms with van der Waals surface area (Å²) in [6, 6.07) is 10.1. The molecule has 7 atom stereocenters. The Labute approximate surface area is 421 Å². The van der Waals surface area contributed by atoms with Crippen LogP contribution in [0.15, 0.2) is 42.5 Å². The van der Waals surface area contributed by atoms with Crippen molar-refractivity contribution in [3.63, 3.8) is 0 Å². The molecule has 7 N–H and O–H groups in total. The summed E-state index contributed by atoms with van der Waals surface area (Å²) in [6.07, 6.45) is 8.56. The Morgan fingerprint density at radius 1 is 0.859 bits per heavy atom. The third-order valence-corrected chi connectivity index (χ3v) is 17.0. The van der Waals surface area contributed by atoms with Gasteiger partial charge in [0, 0.05) is 78.2 Å². The number of nitrogens with one attached hydrogen (secondary N) is 5. The molecule has 3 aromatic rings. The number of rotatable bonds is 17. The first-order valence-corrected chi connectivity index (χ1v) is 26.5. The first kappa shape index (κ1) is 53.4. The van der Waals surface area contributed by atoms with Crippen molar-refractivity contribution < 1.29 is 53.7 Å². The molecule has 0 radical (unpaired) electrons. The number of fused-ring (bicyclic) bond motifs is 5. The number of likely N-dealkylation sites (N-methyl/N-ethyl adjacent to an activating group) is 1. The number of carbonyl (C=O) groups excluding carboxylic acids is 6. The molecule has 4 aliphatic rings. The van der Waals surface area contributed by atoms with Gasteiger partial charge in [-0.2, -0.15) is 23.5 Å². The highest BCUT2D eigenvalue weighted by molar-refractivity contribution is 8.03. The number of likely N-dealkylation sites (tertiary alicyclic amines) is 1. The summed E-state index contributed by atoms with van der Waals surface area (Å²) in [7, 11) is 1.51. The van der Waals surface area contributed by atoms with Gasteiger partial charge in [-0.15, -0.1) is 0 Å². The predicted molar refractivity (Wildman–Crippen MR) is 266 cm³/mol. The quantitative estimate of drug-likeness (QED) is 0.0721. The lowest BCUT2D eigenvalue weighted by atomic mass is 9.86. The minimum Gasteiger partial charge on any atom is -0.480 e. The molecule has 71 heavy (non-hydrogen) atoms. The Kier molecular flexibility index (Phi) is 19.0. The maximum atomic E-state index is 13.9. The number of thioether (sulfide) groups is 2. The summed E-state index contributed by atoms with van der Waals surface area (Å²) in [6.45, 7) is 3.38. The molecule has 5 unspecified atom stereocenters. The van der Waals surface area contributed by atoms with Gasteiger partial charge in [0.2, 0.25) is 23.6 Å². The van der Waals surface area contributed by atoms with Gasteiger partial charge in [0.25, 0.3) is 11.8 Å². The minimum absolute atomic E-state index is 0.0133. The molecule has 6 amide bonds. The van der Waals surface area contributed by atoms with Gasteiger partial charge in [-0.3, -0.25) is 49.1 Å². The van der Waals surface area contributed by atoms with Gasteiger partial charge in [-0.1, -0.05) is 37.8 Å². The van der Waals surface area contributed by atoms with E-state index < -0.39 is 48.3 Å². The van der Waals surface area contributed by atoms with Crippen molar-refractivity contribution in [2.75, 3.05) is 32.1 Å². The summed E-state index contributed by atoms with van der Waals surface area (Å²) in [5.74, 6) is -0.875. The first-order valence-electron chi connectivity index (χ1n) is 24.4. The fourth-order valence-corrected chi connectivity index (χ4v) is 13.1. The molecular weight excluding hydrogens is 955 g/mol. The molecule has 2 aliphatic carbocycles. The second kappa shape index (κ2) is 25.3. The average Bonchev–Trinajstić information content (AvgIpc) is 3.70. The van der Waals surface area contributed by atoms with Crippen molar-refractivity contribution >= 4 is 81.7 Å². The van der Waals surface area contributed by atoms with Crippen molar-refractivity contribution in [3.05, 3.63) is 65.0 Å². The van der Waals surface area contributed by atoms with Crippen LogP contribution >= 0.6 is 23.5 Å². The van der Waals surface area contributed by atoms with Crippen LogP contribution in [0.4, 0.5) is 5.69 Å².